The van der Waals surface area contributed by atoms with Crippen LogP contribution in [0.25, 0.3) is 22.0 Å². The molecule has 1 fully saturated rings. The number of carbonyl (C=O) groups is 1. The summed E-state index contributed by atoms with van der Waals surface area (Å²) < 4.78 is 49.2. The SMILES string of the molecule is CN(C)CCCOc1ncc(-c2ccc3ncc4c(c3c2)C2(CCC2)C(=O)N4C)cc1NS(=O)(=O)c1ccc(F)c(C#N)c1. The van der Waals surface area contributed by atoms with Gasteiger partial charge in [0.05, 0.1) is 39.9 Å². The van der Waals surface area contributed by atoms with E-state index in [1.54, 1.807) is 36.5 Å². The topological polar surface area (TPSA) is 129 Å². The van der Waals surface area contributed by atoms with E-state index in [0.29, 0.717) is 18.6 Å². The molecule has 1 N–H and O–H groups in total. The van der Waals surface area contributed by atoms with Crippen molar-refractivity contribution in [3.05, 3.63) is 71.8 Å². The molecule has 3 heterocycles. The van der Waals surface area contributed by atoms with Crippen molar-refractivity contribution in [3.63, 3.8) is 0 Å². The van der Waals surface area contributed by atoms with E-state index < -0.39 is 21.3 Å². The van der Waals surface area contributed by atoms with Gasteiger partial charge in [0, 0.05) is 36.3 Å². The Kier molecular flexibility index (Phi) is 7.47. The number of halogens is 1. The number of hydrogen-bond donors (Lipinski definition) is 1. The van der Waals surface area contributed by atoms with Crippen molar-refractivity contribution >= 4 is 38.2 Å². The molecule has 12 heteroatoms. The largest absolute Gasteiger partial charge is 0.476 e. The van der Waals surface area contributed by atoms with E-state index in [9.17, 15) is 22.9 Å². The maximum Gasteiger partial charge on any atom is 0.262 e. The number of nitrogens with one attached hydrogen (secondary N) is 1. The number of sulfonamides is 1. The van der Waals surface area contributed by atoms with Crippen molar-refractivity contribution in [1.29, 1.82) is 5.26 Å². The summed E-state index contributed by atoms with van der Waals surface area (Å²) in [5.74, 6) is -0.635. The van der Waals surface area contributed by atoms with E-state index >= 15 is 0 Å². The molecule has 4 aromatic rings. The van der Waals surface area contributed by atoms with Crippen LogP contribution in [0.2, 0.25) is 0 Å². The van der Waals surface area contributed by atoms with Crippen molar-refractivity contribution in [2.24, 2.45) is 0 Å². The molecule has 1 amide bonds. The van der Waals surface area contributed by atoms with Crippen LogP contribution in [-0.4, -0.2) is 63.5 Å². The molecule has 0 saturated heterocycles. The number of benzene rings is 2. The van der Waals surface area contributed by atoms with E-state index in [4.69, 9.17) is 4.74 Å². The molecule has 0 unspecified atom stereocenters. The third-order valence-corrected chi connectivity index (χ3v) is 9.76. The molecule has 2 aromatic heterocycles. The van der Waals surface area contributed by atoms with Gasteiger partial charge in [-0.05, 0) is 75.3 Å². The van der Waals surface area contributed by atoms with Crippen LogP contribution >= 0.6 is 0 Å². The number of pyridine rings is 2. The van der Waals surface area contributed by atoms with E-state index in [2.05, 4.69) is 14.7 Å². The van der Waals surface area contributed by atoms with Crippen LogP contribution in [0.1, 0.15) is 36.8 Å². The summed E-state index contributed by atoms with van der Waals surface area (Å²) in [7, 11) is 1.43. The van der Waals surface area contributed by atoms with Crippen molar-refractivity contribution in [3.8, 4) is 23.1 Å². The zero-order valence-electron chi connectivity index (χ0n) is 24.6. The van der Waals surface area contributed by atoms with Crippen LogP contribution in [0.15, 0.2) is 59.8 Å². The fourth-order valence-electron chi connectivity index (χ4n) is 5.96. The third-order valence-electron chi connectivity index (χ3n) is 8.39. The average molecular weight is 615 g/mol. The molecule has 226 valence electrons. The lowest BCUT2D eigenvalue weighted by atomic mass is 9.64. The number of nitrogens with zero attached hydrogens (tertiary/aromatic N) is 5. The fourth-order valence-corrected chi connectivity index (χ4v) is 7.03. The number of nitriles is 1. The monoisotopic (exact) mass is 614 g/mol. The highest BCUT2D eigenvalue weighted by atomic mass is 32.2. The van der Waals surface area contributed by atoms with Gasteiger partial charge in [-0.25, -0.2) is 17.8 Å². The highest BCUT2D eigenvalue weighted by Gasteiger charge is 2.54. The van der Waals surface area contributed by atoms with E-state index in [-0.39, 0.29) is 27.9 Å². The second-order valence-corrected chi connectivity index (χ2v) is 13.2. The van der Waals surface area contributed by atoms with Crippen molar-refractivity contribution < 1.29 is 22.3 Å². The zero-order chi connectivity index (χ0) is 31.2. The Labute approximate surface area is 255 Å². The minimum Gasteiger partial charge on any atom is -0.476 e. The van der Waals surface area contributed by atoms with Crippen LogP contribution in [0.3, 0.4) is 0 Å². The van der Waals surface area contributed by atoms with Gasteiger partial charge >= 0.3 is 0 Å². The molecule has 0 radical (unpaired) electrons. The first-order valence-corrected chi connectivity index (χ1v) is 15.7. The maximum atomic E-state index is 13.9. The molecule has 2 aliphatic rings. The van der Waals surface area contributed by atoms with Crippen LogP contribution in [0.4, 0.5) is 15.8 Å². The minimum atomic E-state index is -4.24. The Morgan fingerprint density at radius 3 is 2.61 bits per heavy atom. The summed E-state index contributed by atoms with van der Waals surface area (Å²) in [6, 6.07) is 12.1. The molecule has 0 atom stereocenters. The van der Waals surface area contributed by atoms with Crippen LogP contribution < -0.4 is 14.4 Å². The quantitative estimate of drug-likeness (QED) is 0.266. The fraction of sp³-hybridized carbons (Fsp3) is 0.312. The molecule has 6 rings (SSSR count). The van der Waals surface area contributed by atoms with Gasteiger partial charge in [-0.15, -0.1) is 0 Å². The lowest BCUT2D eigenvalue weighted by Gasteiger charge is -2.37. The number of amides is 1. The molecule has 1 saturated carbocycles. The zero-order valence-corrected chi connectivity index (χ0v) is 25.4. The van der Waals surface area contributed by atoms with E-state index in [1.807, 2.05) is 37.2 Å². The molecule has 1 aliphatic carbocycles. The summed E-state index contributed by atoms with van der Waals surface area (Å²) >= 11 is 0. The Hall–Kier alpha value is -4.60. The number of hydrogen-bond acceptors (Lipinski definition) is 8. The van der Waals surface area contributed by atoms with Crippen LogP contribution in [0, 0.1) is 17.1 Å². The molecular formula is C32H31FN6O4S. The molecule has 1 aliphatic heterocycles. The number of aromatic nitrogens is 2. The standard InChI is InChI=1S/C32H31FN6O4S/c1-38(2)12-5-13-43-30-27(37-44(41,42)23-7-8-25(33)21(14-23)17-34)16-22(18-36-30)20-6-9-26-24(15-20)29-28(19-35-26)39(3)31(40)32(29)10-4-11-32/h6-9,14-16,18-19,37H,4-5,10-13H2,1-3H3. The average Bonchev–Trinajstić information content (AvgIpc) is 3.22. The van der Waals surface area contributed by atoms with E-state index in [1.165, 1.54) is 0 Å². The molecule has 10 nitrogen and oxygen atoms in total. The van der Waals surface area contributed by atoms with Gasteiger partial charge in [0.1, 0.15) is 17.6 Å². The first kappa shape index (κ1) is 29.5. The Morgan fingerprint density at radius 1 is 1.11 bits per heavy atom. The van der Waals surface area contributed by atoms with Crippen LogP contribution in [-0.2, 0) is 20.2 Å². The second-order valence-electron chi connectivity index (χ2n) is 11.5. The number of ether oxygens (including phenoxy) is 1. The summed E-state index contributed by atoms with van der Waals surface area (Å²) in [5.41, 5.74) is 3.10. The molecule has 1 spiro atoms. The molecule has 2 aromatic carbocycles. The summed E-state index contributed by atoms with van der Waals surface area (Å²) in [6.45, 7) is 1.06. The summed E-state index contributed by atoms with van der Waals surface area (Å²) in [4.78, 5) is 25.8. The van der Waals surface area contributed by atoms with E-state index in [0.717, 1.165) is 71.7 Å². The highest BCUT2D eigenvalue weighted by molar-refractivity contribution is 7.92. The normalized spacial score (nSPS) is 15.4. The Balaban J connectivity index is 1.41. The third kappa shape index (κ3) is 5.02. The number of anilines is 2. The Bertz CT molecular complexity index is 1950. The first-order chi connectivity index (χ1) is 21.0. The first-order valence-electron chi connectivity index (χ1n) is 14.3. The maximum absolute atomic E-state index is 13.9. The van der Waals surface area contributed by atoms with Gasteiger partial charge in [-0.1, -0.05) is 12.5 Å². The predicted molar refractivity (Wildman–Crippen MR) is 165 cm³/mol. The van der Waals surface area contributed by atoms with Gasteiger partial charge < -0.3 is 14.5 Å². The lowest BCUT2D eigenvalue weighted by Crippen LogP contribution is -2.43. The summed E-state index contributed by atoms with van der Waals surface area (Å²) in [6.07, 6.45) is 6.61. The van der Waals surface area contributed by atoms with Gasteiger partial charge in [0.2, 0.25) is 11.8 Å². The summed E-state index contributed by atoms with van der Waals surface area (Å²) in [5, 5.41) is 10.1. The minimum absolute atomic E-state index is 0.0858. The molecular weight excluding hydrogens is 583 g/mol. The number of fused-ring (bicyclic) bond motifs is 4. The predicted octanol–water partition coefficient (Wildman–Crippen LogP) is 4.84. The van der Waals surface area contributed by atoms with Gasteiger partial charge in [0.15, 0.2) is 0 Å². The van der Waals surface area contributed by atoms with Crippen molar-refractivity contribution in [1.82, 2.24) is 14.9 Å². The van der Waals surface area contributed by atoms with Gasteiger partial charge in [-0.3, -0.25) is 14.5 Å². The second kappa shape index (κ2) is 11.2. The number of rotatable bonds is 9. The van der Waals surface area contributed by atoms with Gasteiger partial charge in [0.25, 0.3) is 10.0 Å². The molecule has 44 heavy (non-hydrogen) atoms. The van der Waals surface area contributed by atoms with Crippen LogP contribution in [0.5, 0.6) is 5.88 Å². The highest BCUT2D eigenvalue weighted by Crippen LogP contribution is 2.55. The van der Waals surface area contributed by atoms with Crippen molar-refractivity contribution in [2.75, 3.05) is 43.9 Å². The lowest BCUT2D eigenvalue weighted by molar-refractivity contribution is -0.125. The number of likely N-dealkylation sites (N-methyl/N-ethyl adjacent to an activating group) is 1. The van der Waals surface area contributed by atoms with Crippen molar-refractivity contribution in [2.45, 2.75) is 36.0 Å². The Morgan fingerprint density at radius 2 is 1.91 bits per heavy atom. The smallest absolute Gasteiger partial charge is 0.262 e. The molecule has 0 bridgehead atoms. The van der Waals surface area contributed by atoms with Gasteiger partial charge in [-0.2, -0.15) is 5.26 Å². The number of carbonyl (C=O) groups excluding carboxylic acids is 1.